The lowest BCUT2D eigenvalue weighted by Crippen LogP contribution is -2.48. The summed E-state index contributed by atoms with van der Waals surface area (Å²) in [6.07, 6.45) is 0.510. The number of hydrogen-bond acceptors (Lipinski definition) is 8. The van der Waals surface area contributed by atoms with Crippen molar-refractivity contribution in [1.29, 1.82) is 0 Å². The lowest BCUT2D eigenvalue weighted by atomic mass is 10.0. The summed E-state index contributed by atoms with van der Waals surface area (Å²) in [6, 6.07) is -1.07. The van der Waals surface area contributed by atoms with E-state index >= 15 is 0 Å². The average molecular weight is 493 g/mol. The maximum atomic E-state index is 12.5. The molecule has 2 aromatic heterocycles. The molecule has 0 aromatic carbocycles. The van der Waals surface area contributed by atoms with Crippen LogP contribution in [0.25, 0.3) is 21.6 Å². The summed E-state index contributed by atoms with van der Waals surface area (Å²) in [4.78, 5) is 38.3. The molecule has 1 amide bonds. The number of aromatic nitrogens is 4. The van der Waals surface area contributed by atoms with Gasteiger partial charge in [-0.1, -0.05) is 39.7 Å². The predicted octanol–water partition coefficient (Wildman–Crippen LogP) is 2.46. The van der Waals surface area contributed by atoms with Crippen molar-refractivity contribution in [3.05, 3.63) is 27.1 Å². The van der Waals surface area contributed by atoms with E-state index in [1.807, 2.05) is 0 Å². The zero-order valence-corrected chi connectivity index (χ0v) is 21.5. The van der Waals surface area contributed by atoms with Crippen molar-refractivity contribution in [3.63, 3.8) is 0 Å². The Labute approximate surface area is 197 Å². The summed E-state index contributed by atoms with van der Waals surface area (Å²) < 4.78 is 13.3. The molecule has 3 heterocycles. The second-order valence-electron chi connectivity index (χ2n) is 10.3. The molecule has 0 bridgehead atoms. The number of amides is 1. The van der Waals surface area contributed by atoms with E-state index in [9.17, 15) is 20.2 Å². The highest BCUT2D eigenvalue weighted by molar-refractivity contribution is 6.74. The molecule has 2 aromatic rings. The van der Waals surface area contributed by atoms with Gasteiger partial charge in [0.15, 0.2) is 25.2 Å². The first-order valence-electron chi connectivity index (χ1n) is 11.0. The molecule has 3 rings (SSSR count). The number of imidazole rings is 1. The summed E-state index contributed by atoms with van der Waals surface area (Å²) in [5.74, 6) is -0.765. The van der Waals surface area contributed by atoms with Crippen LogP contribution in [0.4, 0.5) is 5.95 Å². The molecule has 186 valence electrons. The molecule has 34 heavy (non-hydrogen) atoms. The third-order valence-electron chi connectivity index (χ3n) is 6.52. The van der Waals surface area contributed by atoms with Crippen molar-refractivity contribution >= 4 is 31.3 Å². The molecule has 1 saturated heterocycles. The Balaban J connectivity index is 1.98. The minimum Gasteiger partial charge on any atom is -0.414 e. The number of carbonyl (C=O) groups excluding carboxylic acids is 1. The minimum absolute atomic E-state index is 0.0120. The Morgan fingerprint density at radius 3 is 2.79 bits per heavy atom. The summed E-state index contributed by atoms with van der Waals surface area (Å²) in [7, 11) is -2.13. The highest BCUT2D eigenvalue weighted by Gasteiger charge is 2.52. The van der Waals surface area contributed by atoms with Crippen LogP contribution in [0.1, 0.15) is 34.6 Å². The van der Waals surface area contributed by atoms with Gasteiger partial charge in [0.2, 0.25) is 11.9 Å². The first-order chi connectivity index (χ1) is 15.7. The predicted molar refractivity (Wildman–Crippen MR) is 128 cm³/mol. The third kappa shape index (κ3) is 4.72. The third-order valence-corrected chi connectivity index (χ3v) is 11.0. The second-order valence-corrected chi connectivity index (χ2v) is 15.1. The molecule has 3 atom stereocenters. The van der Waals surface area contributed by atoms with E-state index in [0.29, 0.717) is 0 Å². The van der Waals surface area contributed by atoms with Crippen LogP contribution in [0.3, 0.4) is 0 Å². The molecule has 3 N–H and O–H groups in total. The normalized spacial score (nSPS) is 23.3. The second kappa shape index (κ2) is 9.11. The Morgan fingerprint density at radius 2 is 2.21 bits per heavy atom. The van der Waals surface area contributed by atoms with Gasteiger partial charge in [-0.05, 0) is 23.7 Å². The molecule has 1 fully saturated rings. The average Bonchev–Trinajstić information content (AvgIpc) is 3.29. The van der Waals surface area contributed by atoms with Gasteiger partial charge in [0.1, 0.15) is 6.04 Å². The summed E-state index contributed by atoms with van der Waals surface area (Å²) in [6.45, 7) is 13.8. The van der Waals surface area contributed by atoms with E-state index in [4.69, 9.17) is 9.16 Å². The van der Waals surface area contributed by atoms with Crippen LogP contribution in [-0.2, 0) is 19.7 Å². The molecule has 13 nitrogen and oxygen atoms in total. The maximum Gasteiger partial charge on any atom is 0.280 e. The topological polar surface area (TPSA) is 180 Å². The largest absolute Gasteiger partial charge is 0.414 e. The van der Waals surface area contributed by atoms with Gasteiger partial charge < -0.3 is 14.3 Å². The number of aromatic amines is 1. The van der Waals surface area contributed by atoms with Gasteiger partial charge in [0.25, 0.3) is 5.56 Å². The lowest BCUT2D eigenvalue weighted by Gasteiger charge is -2.37. The highest BCUT2D eigenvalue weighted by atomic mass is 28.4. The molecule has 1 aliphatic rings. The number of nitrogens with zero attached hydrogens (tertiary/aromatic N) is 6. The highest BCUT2D eigenvalue weighted by Crippen LogP contribution is 2.39. The van der Waals surface area contributed by atoms with Crippen LogP contribution in [0.15, 0.2) is 16.2 Å². The van der Waals surface area contributed by atoms with Gasteiger partial charge in [-0.3, -0.25) is 24.5 Å². The standard InChI is InChI=1S/C20H32N8O5Si/c1-11(2)16(29)24-18-23-15-13(17(30)25-18)22-10-28(15)20(31)9-32-12(14(20)26-27-21)8-33-34(6,7)19(3,4)5/h10-12,14,31H,8-9H2,1-7H3,(H2,23,24,25,29,30)/t12-,14?,20+/m1/s1. The summed E-state index contributed by atoms with van der Waals surface area (Å²) in [5, 5.41) is 17.9. The van der Waals surface area contributed by atoms with Crippen LogP contribution < -0.4 is 10.9 Å². The first-order valence-corrected chi connectivity index (χ1v) is 13.9. The van der Waals surface area contributed by atoms with Gasteiger partial charge in [-0.15, -0.1) is 0 Å². The number of H-pyrrole nitrogens is 1. The molecule has 0 spiro atoms. The van der Waals surface area contributed by atoms with E-state index in [2.05, 4.69) is 64.2 Å². The van der Waals surface area contributed by atoms with Crippen molar-refractivity contribution in [2.24, 2.45) is 11.0 Å². The molecule has 1 unspecified atom stereocenters. The first kappa shape index (κ1) is 25.8. The Kier molecular flexibility index (Phi) is 6.93. The number of nitrogens with one attached hydrogen (secondary N) is 2. The van der Waals surface area contributed by atoms with Crippen LogP contribution in [0, 0.1) is 5.92 Å². The van der Waals surface area contributed by atoms with Crippen LogP contribution in [0.5, 0.6) is 0 Å². The number of carbonyl (C=O) groups is 1. The van der Waals surface area contributed by atoms with Gasteiger partial charge >= 0.3 is 0 Å². The summed E-state index contributed by atoms with van der Waals surface area (Å²) >= 11 is 0. The van der Waals surface area contributed by atoms with Crippen molar-refractivity contribution in [2.45, 2.75) is 70.6 Å². The zero-order valence-electron chi connectivity index (χ0n) is 20.5. The molecule has 1 aliphatic heterocycles. The number of ether oxygens (including phenoxy) is 1. The fourth-order valence-corrected chi connectivity index (χ4v) is 4.31. The number of hydrogen-bond donors (Lipinski definition) is 3. The van der Waals surface area contributed by atoms with E-state index in [-0.39, 0.29) is 47.2 Å². The van der Waals surface area contributed by atoms with E-state index in [1.165, 1.54) is 10.9 Å². The van der Waals surface area contributed by atoms with Crippen molar-refractivity contribution in [2.75, 3.05) is 18.5 Å². The SMILES string of the molecule is CC(C)C(=O)Nc1nc2c(ncn2[C@]2(O)CO[C@H](CO[Si](C)(C)C(C)(C)C)C2N=[N+]=[N-])c(=O)[nH]1. The van der Waals surface area contributed by atoms with Crippen LogP contribution in [0.2, 0.25) is 18.1 Å². The fraction of sp³-hybridized carbons (Fsp3) is 0.700. The number of anilines is 1. The smallest absolute Gasteiger partial charge is 0.280 e. The molecular weight excluding hydrogens is 460 g/mol. The molecule has 0 saturated carbocycles. The van der Waals surface area contributed by atoms with E-state index in [0.717, 1.165) is 0 Å². The van der Waals surface area contributed by atoms with Gasteiger partial charge in [0.05, 0.1) is 25.6 Å². The zero-order chi connectivity index (χ0) is 25.5. The Bertz CT molecular complexity index is 1180. The Morgan fingerprint density at radius 1 is 1.53 bits per heavy atom. The van der Waals surface area contributed by atoms with E-state index in [1.54, 1.807) is 13.8 Å². The number of azide groups is 1. The molecular formula is C20H32N8O5Si. The van der Waals surface area contributed by atoms with Gasteiger partial charge in [0, 0.05) is 10.8 Å². The van der Waals surface area contributed by atoms with Crippen LogP contribution in [-0.4, -0.2) is 64.2 Å². The van der Waals surface area contributed by atoms with Gasteiger partial charge in [-0.25, -0.2) is 4.98 Å². The number of fused-ring (bicyclic) bond motifs is 1. The maximum absolute atomic E-state index is 12.5. The molecule has 0 aliphatic carbocycles. The monoisotopic (exact) mass is 492 g/mol. The molecule has 0 radical (unpaired) electrons. The lowest BCUT2D eigenvalue weighted by molar-refractivity contribution is -0.118. The summed E-state index contributed by atoms with van der Waals surface area (Å²) in [5.41, 5.74) is 6.70. The van der Waals surface area contributed by atoms with Crippen LogP contribution >= 0.6 is 0 Å². The van der Waals surface area contributed by atoms with Crippen molar-refractivity contribution in [1.82, 2.24) is 19.5 Å². The van der Waals surface area contributed by atoms with Crippen molar-refractivity contribution < 1.29 is 19.1 Å². The number of rotatable bonds is 7. The van der Waals surface area contributed by atoms with E-state index < -0.39 is 31.7 Å². The minimum atomic E-state index is -2.13. The quantitative estimate of drug-likeness (QED) is 0.230. The van der Waals surface area contributed by atoms with Gasteiger partial charge in [-0.2, -0.15) is 4.98 Å². The Hall–Kier alpha value is -2.77. The molecule has 14 heteroatoms. The number of aliphatic hydroxyl groups is 1. The fourth-order valence-electron chi connectivity index (χ4n) is 3.30. The van der Waals surface area contributed by atoms with Crippen molar-refractivity contribution in [3.8, 4) is 0 Å².